The molecule has 0 aliphatic heterocycles. The van der Waals surface area contributed by atoms with Crippen molar-refractivity contribution in [2.24, 2.45) is 0 Å². The average molecular weight is 278 g/mol. The van der Waals surface area contributed by atoms with Gasteiger partial charge in [-0.2, -0.15) is 4.52 Å². The summed E-state index contributed by atoms with van der Waals surface area (Å²) in [5.41, 5.74) is 7.93. The predicted molar refractivity (Wildman–Crippen MR) is 76.1 cm³/mol. The summed E-state index contributed by atoms with van der Waals surface area (Å²) >= 11 is 0. The van der Waals surface area contributed by atoms with Crippen molar-refractivity contribution in [3.63, 3.8) is 0 Å². The van der Waals surface area contributed by atoms with Crippen LogP contribution in [-0.4, -0.2) is 24.6 Å². The van der Waals surface area contributed by atoms with Crippen LogP contribution in [0.2, 0.25) is 0 Å². The fourth-order valence-electron chi connectivity index (χ4n) is 2.07. The molecule has 0 aliphatic rings. The quantitative estimate of drug-likeness (QED) is 0.602. The number of anilines is 1. The lowest BCUT2D eigenvalue weighted by molar-refractivity contribution is 0.577. The minimum Gasteiger partial charge on any atom is -0.461 e. The van der Waals surface area contributed by atoms with Crippen molar-refractivity contribution in [2.45, 2.75) is 0 Å². The normalized spacial score (nSPS) is 11.0. The van der Waals surface area contributed by atoms with Gasteiger partial charge in [0.15, 0.2) is 11.4 Å². The zero-order chi connectivity index (χ0) is 14.2. The van der Waals surface area contributed by atoms with E-state index in [1.165, 1.54) is 4.52 Å². The molecule has 2 N–H and O–H groups in total. The molecule has 0 saturated carbocycles. The molecule has 4 rings (SSSR count). The summed E-state index contributed by atoms with van der Waals surface area (Å²) in [6, 6.07) is 11.0. The van der Waals surface area contributed by atoms with Gasteiger partial charge in [-0.1, -0.05) is 6.07 Å². The van der Waals surface area contributed by atoms with Gasteiger partial charge in [-0.25, -0.2) is 9.97 Å². The maximum absolute atomic E-state index is 5.95. The minimum absolute atomic E-state index is 0.249. The molecule has 0 unspecified atom stereocenters. The molecule has 0 aliphatic carbocycles. The topological polar surface area (TPSA) is 95.1 Å². The Morgan fingerprint density at radius 1 is 1.05 bits per heavy atom. The van der Waals surface area contributed by atoms with Gasteiger partial charge in [0.2, 0.25) is 11.8 Å². The standard InChI is InChI=1S/C14H10N6O/c15-14-17-10(9-4-1-2-6-16-9)8-12-18-13(19-20(12)14)11-5-3-7-21-11/h1-8H,(H2,15,17). The first kappa shape index (κ1) is 11.6. The van der Waals surface area contributed by atoms with Gasteiger partial charge in [-0.15, -0.1) is 5.10 Å². The fourth-order valence-corrected chi connectivity index (χ4v) is 2.07. The zero-order valence-electron chi connectivity index (χ0n) is 10.8. The van der Waals surface area contributed by atoms with E-state index >= 15 is 0 Å². The molecule has 0 aromatic carbocycles. The van der Waals surface area contributed by atoms with Crippen molar-refractivity contribution < 1.29 is 4.42 Å². The van der Waals surface area contributed by atoms with Crippen LogP contribution in [-0.2, 0) is 0 Å². The number of hydrogen-bond donors (Lipinski definition) is 1. The fraction of sp³-hybridized carbons (Fsp3) is 0. The van der Waals surface area contributed by atoms with E-state index in [9.17, 15) is 0 Å². The third-order valence-corrected chi connectivity index (χ3v) is 3.02. The number of nitrogens with two attached hydrogens (primary N) is 1. The lowest BCUT2D eigenvalue weighted by Crippen LogP contribution is -2.03. The Balaban J connectivity index is 1.90. The van der Waals surface area contributed by atoms with Gasteiger partial charge < -0.3 is 10.2 Å². The molecule has 102 valence electrons. The number of hydrogen-bond acceptors (Lipinski definition) is 6. The Labute approximate surface area is 119 Å². The van der Waals surface area contributed by atoms with Gasteiger partial charge in [-0.3, -0.25) is 4.98 Å². The first-order valence-corrected chi connectivity index (χ1v) is 6.30. The van der Waals surface area contributed by atoms with Crippen molar-refractivity contribution in [3.05, 3.63) is 48.9 Å². The van der Waals surface area contributed by atoms with E-state index in [4.69, 9.17) is 10.2 Å². The second-order valence-corrected chi connectivity index (χ2v) is 4.40. The molecular weight excluding hydrogens is 268 g/mol. The average Bonchev–Trinajstić information content (AvgIpc) is 3.17. The molecule has 0 atom stereocenters. The maximum atomic E-state index is 5.95. The van der Waals surface area contributed by atoms with Crippen LogP contribution in [0.1, 0.15) is 0 Å². The number of pyridine rings is 1. The molecule has 7 nitrogen and oxygen atoms in total. The monoisotopic (exact) mass is 278 g/mol. The molecule has 4 aromatic heterocycles. The second-order valence-electron chi connectivity index (χ2n) is 4.40. The summed E-state index contributed by atoms with van der Waals surface area (Å²) in [6.07, 6.45) is 3.28. The summed E-state index contributed by atoms with van der Waals surface area (Å²) in [4.78, 5) is 13.0. The highest BCUT2D eigenvalue weighted by atomic mass is 16.3. The SMILES string of the molecule is Nc1nc(-c2ccccn2)cc2nc(-c3ccco3)nn12. The summed E-state index contributed by atoms with van der Waals surface area (Å²) in [7, 11) is 0. The summed E-state index contributed by atoms with van der Waals surface area (Å²) < 4.78 is 6.77. The smallest absolute Gasteiger partial charge is 0.223 e. The molecule has 4 aromatic rings. The molecular formula is C14H10N6O. The van der Waals surface area contributed by atoms with E-state index in [-0.39, 0.29) is 5.95 Å². The van der Waals surface area contributed by atoms with Crippen LogP contribution >= 0.6 is 0 Å². The minimum atomic E-state index is 0.249. The van der Waals surface area contributed by atoms with Gasteiger partial charge in [-0.05, 0) is 24.3 Å². The van der Waals surface area contributed by atoms with E-state index in [2.05, 4.69) is 20.1 Å². The maximum Gasteiger partial charge on any atom is 0.223 e. The van der Waals surface area contributed by atoms with Gasteiger partial charge in [0, 0.05) is 12.3 Å². The summed E-state index contributed by atoms with van der Waals surface area (Å²) in [5, 5.41) is 4.29. The number of rotatable bonds is 2. The summed E-state index contributed by atoms with van der Waals surface area (Å²) in [6.45, 7) is 0. The van der Waals surface area contributed by atoms with Crippen molar-refractivity contribution in [1.29, 1.82) is 0 Å². The van der Waals surface area contributed by atoms with E-state index in [1.807, 2.05) is 18.2 Å². The van der Waals surface area contributed by atoms with Crippen LogP contribution in [0.5, 0.6) is 0 Å². The van der Waals surface area contributed by atoms with Crippen LogP contribution in [0.25, 0.3) is 28.6 Å². The number of nitrogen functional groups attached to an aromatic ring is 1. The van der Waals surface area contributed by atoms with Crippen molar-refractivity contribution in [2.75, 3.05) is 5.73 Å². The van der Waals surface area contributed by atoms with Gasteiger partial charge in [0.1, 0.15) is 0 Å². The molecule has 7 heteroatoms. The molecule has 0 radical (unpaired) electrons. The van der Waals surface area contributed by atoms with Crippen LogP contribution in [0, 0.1) is 0 Å². The van der Waals surface area contributed by atoms with E-state index < -0.39 is 0 Å². The molecule has 0 amide bonds. The Morgan fingerprint density at radius 2 is 2.00 bits per heavy atom. The van der Waals surface area contributed by atoms with Crippen molar-refractivity contribution in [1.82, 2.24) is 24.6 Å². The van der Waals surface area contributed by atoms with Crippen LogP contribution in [0.15, 0.2) is 53.3 Å². The van der Waals surface area contributed by atoms with Crippen LogP contribution in [0.3, 0.4) is 0 Å². The lowest BCUT2D eigenvalue weighted by Gasteiger charge is -2.02. The van der Waals surface area contributed by atoms with Crippen LogP contribution in [0.4, 0.5) is 5.95 Å². The molecule has 4 heterocycles. The third kappa shape index (κ3) is 1.91. The highest BCUT2D eigenvalue weighted by Gasteiger charge is 2.13. The van der Waals surface area contributed by atoms with Crippen LogP contribution < -0.4 is 5.73 Å². The lowest BCUT2D eigenvalue weighted by atomic mass is 10.2. The largest absolute Gasteiger partial charge is 0.461 e. The third-order valence-electron chi connectivity index (χ3n) is 3.02. The van der Waals surface area contributed by atoms with E-state index in [1.54, 1.807) is 30.7 Å². The second kappa shape index (κ2) is 4.41. The Kier molecular flexibility index (Phi) is 2.43. The zero-order valence-corrected chi connectivity index (χ0v) is 10.8. The number of nitrogens with zero attached hydrogens (tertiary/aromatic N) is 5. The van der Waals surface area contributed by atoms with Crippen molar-refractivity contribution in [3.8, 4) is 23.0 Å². The Hall–Kier alpha value is -3.22. The van der Waals surface area contributed by atoms with E-state index in [0.29, 0.717) is 22.9 Å². The Bertz CT molecular complexity index is 898. The highest BCUT2D eigenvalue weighted by molar-refractivity contribution is 5.63. The van der Waals surface area contributed by atoms with Gasteiger partial charge in [0.25, 0.3) is 0 Å². The molecule has 0 fully saturated rings. The summed E-state index contributed by atoms with van der Waals surface area (Å²) in [5.74, 6) is 1.29. The van der Waals surface area contributed by atoms with Crippen molar-refractivity contribution >= 4 is 11.6 Å². The number of fused-ring (bicyclic) bond motifs is 1. The predicted octanol–water partition coefficient (Wildman–Crippen LogP) is 2.03. The molecule has 0 spiro atoms. The molecule has 21 heavy (non-hydrogen) atoms. The van der Waals surface area contributed by atoms with Gasteiger partial charge >= 0.3 is 0 Å². The van der Waals surface area contributed by atoms with Gasteiger partial charge in [0.05, 0.1) is 17.7 Å². The molecule has 0 bridgehead atoms. The highest BCUT2D eigenvalue weighted by Crippen LogP contribution is 2.21. The molecule has 0 saturated heterocycles. The van der Waals surface area contributed by atoms with E-state index in [0.717, 1.165) is 5.69 Å². The number of furan rings is 1. The Morgan fingerprint density at radius 3 is 2.76 bits per heavy atom. The number of aromatic nitrogens is 5. The first-order valence-electron chi connectivity index (χ1n) is 6.30. The first-order chi connectivity index (χ1) is 10.3.